The molecule has 3 aliphatic heterocycles. The fourth-order valence-corrected chi connectivity index (χ4v) is 4.91. The minimum Gasteiger partial charge on any atom is -0.497 e. The Morgan fingerprint density at radius 1 is 1.06 bits per heavy atom. The molecule has 0 aromatic heterocycles. The molecule has 3 aliphatic rings. The lowest BCUT2D eigenvalue weighted by Crippen LogP contribution is -2.43. The summed E-state index contributed by atoms with van der Waals surface area (Å²) in [6, 6.07) is 5.37. The number of likely N-dealkylation sites (tertiary alicyclic amines) is 2. The smallest absolute Gasteiger partial charge is 0.490 e. The van der Waals surface area contributed by atoms with Crippen LogP contribution in [0.3, 0.4) is 0 Å². The van der Waals surface area contributed by atoms with Crippen LogP contribution in [-0.4, -0.2) is 92.6 Å². The summed E-state index contributed by atoms with van der Waals surface area (Å²) in [5.41, 5.74) is 0.884. The topological polar surface area (TPSA) is 88.5 Å². The quantitative estimate of drug-likeness (QED) is 0.660. The highest BCUT2D eigenvalue weighted by Gasteiger charge is 2.43. The van der Waals surface area contributed by atoms with Gasteiger partial charge in [-0.05, 0) is 62.7 Å². The fourth-order valence-electron chi connectivity index (χ4n) is 4.91. The molecule has 1 aromatic carbocycles. The lowest BCUT2D eigenvalue weighted by atomic mass is 9.76. The number of hydrogen-bond donors (Lipinski definition) is 1. The molecule has 0 saturated carbocycles. The molecule has 3 heterocycles. The number of aliphatic carboxylic acids is 1. The van der Waals surface area contributed by atoms with Gasteiger partial charge in [0.2, 0.25) is 0 Å². The lowest BCUT2D eigenvalue weighted by Gasteiger charge is -2.38. The molecule has 11 heteroatoms. The third-order valence-corrected chi connectivity index (χ3v) is 6.90. The number of carbonyl (C=O) groups excluding carboxylic acids is 1. The first kappa shape index (κ1) is 27.1. The Kier molecular flexibility index (Phi) is 8.87. The van der Waals surface area contributed by atoms with E-state index in [1.807, 2.05) is 4.90 Å². The number of halogens is 3. The van der Waals surface area contributed by atoms with Crippen LogP contribution >= 0.6 is 0 Å². The summed E-state index contributed by atoms with van der Waals surface area (Å²) in [6.45, 7) is 5.95. The molecule has 1 atom stereocenters. The summed E-state index contributed by atoms with van der Waals surface area (Å²) < 4.78 is 48.5. The Morgan fingerprint density at radius 3 is 2.09 bits per heavy atom. The molecule has 35 heavy (non-hydrogen) atoms. The van der Waals surface area contributed by atoms with E-state index in [9.17, 15) is 18.0 Å². The zero-order valence-electron chi connectivity index (χ0n) is 20.1. The monoisotopic (exact) mass is 502 g/mol. The van der Waals surface area contributed by atoms with Gasteiger partial charge in [0, 0.05) is 31.3 Å². The van der Waals surface area contributed by atoms with Gasteiger partial charge in [-0.1, -0.05) is 0 Å². The average molecular weight is 503 g/mol. The van der Waals surface area contributed by atoms with Crippen molar-refractivity contribution in [2.75, 3.05) is 53.6 Å². The summed E-state index contributed by atoms with van der Waals surface area (Å²) in [5.74, 6) is -1.41. The van der Waals surface area contributed by atoms with E-state index in [-0.39, 0.29) is 11.3 Å². The number of hydrogen-bond acceptors (Lipinski definition) is 6. The molecular weight excluding hydrogens is 469 g/mol. The number of carboxylic acids is 1. The van der Waals surface area contributed by atoms with Gasteiger partial charge in [-0.15, -0.1) is 0 Å². The van der Waals surface area contributed by atoms with Crippen LogP contribution in [-0.2, 0) is 9.53 Å². The molecule has 0 aliphatic carbocycles. The molecule has 196 valence electrons. The molecule has 1 N–H and O–H groups in total. The molecule has 8 nitrogen and oxygen atoms in total. The normalized spacial score (nSPS) is 22.0. The van der Waals surface area contributed by atoms with Crippen LogP contribution in [0.1, 0.15) is 42.5 Å². The number of amides is 1. The molecule has 0 bridgehead atoms. The number of ether oxygens (including phenoxy) is 3. The predicted molar refractivity (Wildman–Crippen MR) is 121 cm³/mol. The Bertz CT molecular complexity index is 858. The van der Waals surface area contributed by atoms with Gasteiger partial charge < -0.3 is 29.1 Å². The van der Waals surface area contributed by atoms with Crippen molar-refractivity contribution in [3.05, 3.63) is 23.8 Å². The number of benzene rings is 1. The summed E-state index contributed by atoms with van der Waals surface area (Å²) in [6.07, 6.45) is 1.11. The lowest BCUT2D eigenvalue weighted by molar-refractivity contribution is -0.192. The fraction of sp³-hybridized carbons (Fsp3) is 0.667. The molecule has 3 fully saturated rings. The molecule has 1 amide bonds. The second-order valence-corrected chi connectivity index (χ2v) is 9.34. The SMILES string of the molecule is COc1cc(OC)cc(C(=O)N2CCC3(CC2)COC(CN2CCCC2)C3)c1.O=C(O)C(F)(F)F. The van der Waals surface area contributed by atoms with Gasteiger partial charge in [0.25, 0.3) is 5.91 Å². The Balaban J connectivity index is 0.000000429. The molecule has 4 rings (SSSR count). The van der Waals surface area contributed by atoms with Crippen molar-refractivity contribution in [1.82, 2.24) is 9.80 Å². The summed E-state index contributed by atoms with van der Waals surface area (Å²) in [4.78, 5) is 26.4. The standard InChI is InChI=1S/C22H32N2O4.C2HF3O2/c1-26-18-11-17(12-19(13-18)27-2)21(25)24-9-5-22(6-10-24)14-20(28-16-22)15-23-7-3-4-8-23;3-2(4,5)1(6)7/h11-13,20H,3-10,14-16H2,1-2H3;(H,6,7). The van der Waals surface area contributed by atoms with Crippen molar-refractivity contribution < 1.29 is 42.1 Å². The van der Waals surface area contributed by atoms with Gasteiger partial charge >= 0.3 is 12.1 Å². The van der Waals surface area contributed by atoms with E-state index in [1.54, 1.807) is 32.4 Å². The minimum atomic E-state index is -5.08. The van der Waals surface area contributed by atoms with Gasteiger partial charge in [-0.2, -0.15) is 13.2 Å². The van der Waals surface area contributed by atoms with Gasteiger partial charge in [-0.25, -0.2) is 4.79 Å². The van der Waals surface area contributed by atoms with Crippen LogP contribution in [0, 0.1) is 5.41 Å². The summed E-state index contributed by atoms with van der Waals surface area (Å²) in [5, 5.41) is 7.12. The van der Waals surface area contributed by atoms with Crippen LogP contribution in [0.5, 0.6) is 11.5 Å². The van der Waals surface area contributed by atoms with Crippen LogP contribution in [0.2, 0.25) is 0 Å². The highest BCUT2D eigenvalue weighted by molar-refractivity contribution is 5.95. The first-order chi connectivity index (χ1) is 16.5. The van der Waals surface area contributed by atoms with E-state index in [4.69, 9.17) is 24.1 Å². The third-order valence-electron chi connectivity index (χ3n) is 6.90. The first-order valence-electron chi connectivity index (χ1n) is 11.7. The highest BCUT2D eigenvalue weighted by atomic mass is 19.4. The maximum atomic E-state index is 13.0. The Labute approximate surface area is 202 Å². The van der Waals surface area contributed by atoms with Crippen molar-refractivity contribution in [3.63, 3.8) is 0 Å². The van der Waals surface area contributed by atoms with Crippen LogP contribution < -0.4 is 9.47 Å². The third kappa shape index (κ3) is 7.23. The van der Waals surface area contributed by atoms with E-state index < -0.39 is 12.1 Å². The molecule has 1 spiro atoms. The van der Waals surface area contributed by atoms with Crippen LogP contribution in [0.15, 0.2) is 18.2 Å². The second kappa shape index (κ2) is 11.5. The molecule has 1 unspecified atom stereocenters. The number of piperidine rings is 1. The highest BCUT2D eigenvalue weighted by Crippen LogP contribution is 2.42. The second-order valence-electron chi connectivity index (χ2n) is 9.34. The summed E-state index contributed by atoms with van der Waals surface area (Å²) >= 11 is 0. The number of rotatable bonds is 5. The van der Waals surface area contributed by atoms with Gasteiger partial charge in [-0.3, -0.25) is 4.79 Å². The number of nitrogens with zero attached hydrogens (tertiary/aromatic N) is 2. The first-order valence-corrected chi connectivity index (χ1v) is 11.7. The van der Waals surface area contributed by atoms with Crippen molar-refractivity contribution in [2.45, 2.75) is 44.4 Å². The molecule has 1 aromatic rings. The van der Waals surface area contributed by atoms with Crippen LogP contribution in [0.4, 0.5) is 13.2 Å². The van der Waals surface area contributed by atoms with Gasteiger partial charge in [0.15, 0.2) is 0 Å². The maximum Gasteiger partial charge on any atom is 0.490 e. The largest absolute Gasteiger partial charge is 0.497 e. The number of carboxylic acid groups (broad SMARTS) is 1. The van der Waals surface area contributed by atoms with Crippen molar-refractivity contribution in [3.8, 4) is 11.5 Å². The molecule has 0 radical (unpaired) electrons. The Morgan fingerprint density at radius 2 is 1.60 bits per heavy atom. The van der Waals surface area contributed by atoms with Crippen molar-refractivity contribution >= 4 is 11.9 Å². The molecule has 3 saturated heterocycles. The number of methoxy groups -OCH3 is 2. The van der Waals surface area contributed by atoms with Gasteiger partial charge in [0.05, 0.1) is 26.9 Å². The van der Waals surface area contributed by atoms with Crippen molar-refractivity contribution in [2.24, 2.45) is 5.41 Å². The zero-order chi connectivity index (χ0) is 25.6. The van der Waals surface area contributed by atoms with Crippen molar-refractivity contribution in [1.29, 1.82) is 0 Å². The van der Waals surface area contributed by atoms with Crippen LogP contribution in [0.25, 0.3) is 0 Å². The van der Waals surface area contributed by atoms with E-state index in [0.717, 1.165) is 45.5 Å². The van der Waals surface area contributed by atoms with E-state index in [0.29, 0.717) is 23.2 Å². The average Bonchev–Trinajstić information content (AvgIpc) is 3.49. The molecular formula is C24H33F3N2O6. The van der Waals surface area contributed by atoms with E-state index >= 15 is 0 Å². The Hall–Kier alpha value is -2.53. The van der Waals surface area contributed by atoms with Gasteiger partial charge in [0.1, 0.15) is 11.5 Å². The zero-order valence-corrected chi connectivity index (χ0v) is 20.1. The summed E-state index contributed by atoms with van der Waals surface area (Å²) in [7, 11) is 3.21. The predicted octanol–water partition coefficient (Wildman–Crippen LogP) is 3.44. The van der Waals surface area contributed by atoms with E-state index in [2.05, 4.69) is 4.90 Å². The maximum absolute atomic E-state index is 13.0. The minimum absolute atomic E-state index is 0.0552. The number of alkyl halides is 3. The van der Waals surface area contributed by atoms with E-state index in [1.165, 1.54) is 25.9 Å². The number of carbonyl (C=O) groups is 2.